The minimum absolute atomic E-state index is 0.401. The molecule has 34 heavy (non-hydrogen) atoms. The second kappa shape index (κ2) is 7.17. The molecule has 1 aliphatic rings. The van der Waals surface area contributed by atoms with Crippen molar-refractivity contribution in [3.8, 4) is 11.1 Å². The maximum atomic E-state index is 2.37. The number of aryl methyl sites for hydroxylation is 1. The topological polar surface area (TPSA) is 0 Å². The van der Waals surface area contributed by atoms with E-state index in [-0.39, 0.29) is 0 Å². The van der Waals surface area contributed by atoms with Crippen molar-refractivity contribution in [2.24, 2.45) is 0 Å². The van der Waals surface area contributed by atoms with Gasteiger partial charge in [-0.25, -0.2) is 0 Å². The van der Waals surface area contributed by atoms with E-state index in [4.69, 9.17) is 0 Å². The molecule has 0 heterocycles. The van der Waals surface area contributed by atoms with Gasteiger partial charge in [0.15, 0.2) is 0 Å². The van der Waals surface area contributed by atoms with Gasteiger partial charge in [-0.15, -0.1) is 0 Å². The average molecular weight is 433 g/mol. The van der Waals surface area contributed by atoms with E-state index in [0.717, 1.165) is 0 Å². The van der Waals surface area contributed by atoms with Gasteiger partial charge in [0.2, 0.25) is 0 Å². The Bertz CT molecular complexity index is 1630. The normalized spacial score (nSPS) is 13.7. The fraction of sp³-hybridized carbons (Fsp3) is 0.0588. The fourth-order valence-electron chi connectivity index (χ4n) is 6.23. The summed E-state index contributed by atoms with van der Waals surface area (Å²) < 4.78 is 0. The molecule has 0 bridgehead atoms. The molecule has 0 fully saturated rings. The monoisotopic (exact) mass is 432 g/mol. The highest BCUT2D eigenvalue weighted by atomic mass is 14.5. The molecule has 0 saturated heterocycles. The van der Waals surface area contributed by atoms with Crippen LogP contribution in [0.25, 0.3) is 32.7 Å². The van der Waals surface area contributed by atoms with Gasteiger partial charge in [-0.05, 0) is 61.8 Å². The van der Waals surface area contributed by atoms with Crippen molar-refractivity contribution < 1.29 is 0 Å². The molecule has 0 heteroatoms. The zero-order valence-electron chi connectivity index (χ0n) is 19.1. The molecular formula is C34H24. The maximum absolute atomic E-state index is 2.37. The first-order valence-electron chi connectivity index (χ1n) is 12.0. The second-order valence-electron chi connectivity index (χ2n) is 9.40. The van der Waals surface area contributed by atoms with Gasteiger partial charge < -0.3 is 0 Å². The van der Waals surface area contributed by atoms with Gasteiger partial charge in [-0.1, -0.05) is 133 Å². The summed E-state index contributed by atoms with van der Waals surface area (Å²) in [6.07, 6.45) is 0. The largest absolute Gasteiger partial charge is 0.0725 e. The van der Waals surface area contributed by atoms with Crippen LogP contribution < -0.4 is 0 Å². The molecule has 1 aliphatic carbocycles. The first kappa shape index (κ1) is 19.3. The smallest absolute Gasteiger partial charge is 0.0619 e. The third-order valence-corrected chi connectivity index (χ3v) is 7.59. The van der Waals surface area contributed by atoms with Crippen LogP contribution in [0.4, 0.5) is 0 Å². The molecule has 6 aromatic rings. The zero-order valence-corrected chi connectivity index (χ0v) is 19.1. The van der Waals surface area contributed by atoms with Gasteiger partial charge in [0.25, 0.3) is 0 Å². The summed E-state index contributed by atoms with van der Waals surface area (Å²) in [5.41, 5.74) is 8.99. The summed E-state index contributed by atoms with van der Waals surface area (Å²) in [5, 5.41) is 5.16. The minimum atomic E-state index is -0.401. The van der Waals surface area contributed by atoms with Crippen LogP contribution >= 0.6 is 0 Å². The number of hydrogen-bond donors (Lipinski definition) is 0. The van der Waals surface area contributed by atoms with Crippen LogP contribution in [0.2, 0.25) is 0 Å². The maximum Gasteiger partial charge on any atom is 0.0725 e. The molecule has 0 amide bonds. The van der Waals surface area contributed by atoms with Crippen molar-refractivity contribution in [2.45, 2.75) is 12.3 Å². The van der Waals surface area contributed by atoms with E-state index in [9.17, 15) is 0 Å². The molecule has 6 aromatic carbocycles. The lowest BCUT2D eigenvalue weighted by Gasteiger charge is -2.35. The van der Waals surface area contributed by atoms with Crippen LogP contribution in [0.1, 0.15) is 27.8 Å². The van der Waals surface area contributed by atoms with Crippen LogP contribution in [-0.4, -0.2) is 0 Å². The minimum Gasteiger partial charge on any atom is -0.0619 e. The Morgan fingerprint density at radius 1 is 0.412 bits per heavy atom. The highest BCUT2D eigenvalue weighted by molar-refractivity contribution is 5.98. The fourth-order valence-corrected chi connectivity index (χ4v) is 6.23. The molecule has 0 aromatic heterocycles. The van der Waals surface area contributed by atoms with Crippen LogP contribution in [0.5, 0.6) is 0 Å². The Morgan fingerprint density at radius 3 is 1.59 bits per heavy atom. The second-order valence-corrected chi connectivity index (χ2v) is 9.40. The van der Waals surface area contributed by atoms with Gasteiger partial charge in [-0.3, -0.25) is 0 Å². The van der Waals surface area contributed by atoms with Crippen molar-refractivity contribution in [3.63, 3.8) is 0 Å². The lowest BCUT2D eigenvalue weighted by atomic mass is 9.65. The summed E-state index contributed by atoms with van der Waals surface area (Å²) >= 11 is 0. The Labute approximate surface area is 200 Å². The van der Waals surface area contributed by atoms with Crippen LogP contribution in [0.15, 0.2) is 127 Å². The average Bonchev–Trinajstić information content (AvgIpc) is 3.18. The quantitative estimate of drug-likeness (QED) is 0.256. The Morgan fingerprint density at radius 2 is 0.912 bits per heavy atom. The SMILES string of the molecule is Cc1ccc2c(c1)-c1ccccc1C2(c1cccc2ccccc12)c1cccc2ccccc12. The van der Waals surface area contributed by atoms with E-state index in [1.54, 1.807) is 0 Å². The number of hydrogen-bond acceptors (Lipinski definition) is 0. The summed E-state index contributed by atoms with van der Waals surface area (Å²) in [5.74, 6) is 0. The molecular weight excluding hydrogens is 408 g/mol. The molecule has 0 radical (unpaired) electrons. The molecule has 0 atom stereocenters. The van der Waals surface area contributed by atoms with E-state index in [1.165, 1.54) is 60.5 Å². The highest BCUT2D eigenvalue weighted by Crippen LogP contribution is 2.58. The first-order chi connectivity index (χ1) is 16.8. The molecule has 0 nitrogen and oxygen atoms in total. The summed E-state index contributed by atoms with van der Waals surface area (Å²) in [7, 11) is 0. The molecule has 160 valence electrons. The first-order valence-corrected chi connectivity index (χ1v) is 12.0. The van der Waals surface area contributed by atoms with Crippen molar-refractivity contribution in [3.05, 3.63) is 155 Å². The Kier molecular flexibility index (Phi) is 4.07. The third kappa shape index (κ3) is 2.48. The summed E-state index contributed by atoms with van der Waals surface area (Å²) in [4.78, 5) is 0. The number of rotatable bonds is 2. The Balaban J connectivity index is 1.76. The number of benzene rings is 6. The number of fused-ring (bicyclic) bond motifs is 5. The highest BCUT2D eigenvalue weighted by Gasteiger charge is 2.47. The summed E-state index contributed by atoms with van der Waals surface area (Å²) in [6, 6.07) is 47.2. The molecule has 0 unspecified atom stereocenters. The van der Waals surface area contributed by atoms with Gasteiger partial charge in [-0.2, -0.15) is 0 Å². The molecule has 0 spiro atoms. The van der Waals surface area contributed by atoms with Gasteiger partial charge in [0.05, 0.1) is 5.41 Å². The van der Waals surface area contributed by atoms with Crippen molar-refractivity contribution in [2.75, 3.05) is 0 Å². The molecule has 7 rings (SSSR count). The van der Waals surface area contributed by atoms with E-state index in [2.05, 4.69) is 134 Å². The predicted octanol–water partition coefficient (Wildman–Crippen LogP) is 8.66. The standard InChI is InChI=1S/C34H24/c1-23-20-21-33-29(22-23)28-16-6-7-17-32(28)34(33,30-18-8-12-24-10-2-4-14-26(24)30)31-19-9-13-25-11-3-5-15-27(25)31/h2-22H,1H3. The molecule has 0 N–H and O–H groups in total. The van der Waals surface area contributed by atoms with E-state index < -0.39 is 5.41 Å². The van der Waals surface area contributed by atoms with Gasteiger partial charge in [0, 0.05) is 0 Å². The lowest BCUT2D eigenvalue weighted by molar-refractivity contribution is 0.784. The van der Waals surface area contributed by atoms with E-state index in [0.29, 0.717) is 0 Å². The van der Waals surface area contributed by atoms with E-state index >= 15 is 0 Å². The Hall–Kier alpha value is -4.16. The van der Waals surface area contributed by atoms with Crippen molar-refractivity contribution >= 4 is 21.5 Å². The third-order valence-electron chi connectivity index (χ3n) is 7.59. The van der Waals surface area contributed by atoms with E-state index in [1.807, 2.05) is 0 Å². The molecule has 0 aliphatic heterocycles. The zero-order chi connectivity index (χ0) is 22.7. The van der Waals surface area contributed by atoms with Gasteiger partial charge in [0.1, 0.15) is 0 Å². The van der Waals surface area contributed by atoms with Crippen LogP contribution in [0, 0.1) is 6.92 Å². The molecule has 0 saturated carbocycles. The summed E-state index contributed by atoms with van der Waals surface area (Å²) in [6.45, 7) is 2.19. The van der Waals surface area contributed by atoms with Gasteiger partial charge >= 0.3 is 0 Å². The van der Waals surface area contributed by atoms with Crippen LogP contribution in [-0.2, 0) is 5.41 Å². The predicted molar refractivity (Wildman–Crippen MR) is 143 cm³/mol. The van der Waals surface area contributed by atoms with Crippen LogP contribution in [0.3, 0.4) is 0 Å². The van der Waals surface area contributed by atoms with Crippen molar-refractivity contribution in [1.82, 2.24) is 0 Å². The lowest BCUT2D eigenvalue weighted by Crippen LogP contribution is -2.29. The van der Waals surface area contributed by atoms with Crippen molar-refractivity contribution in [1.29, 1.82) is 0 Å².